The summed E-state index contributed by atoms with van der Waals surface area (Å²) in [6, 6.07) is 8.51. The Hall–Kier alpha value is -5.03. The summed E-state index contributed by atoms with van der Waals surface area (Å²) in [6.07, 6.45) is -3.48. The van der Waals surface area contributed by atoms with Crippen LogP contribution in [0.3, 0.4) is 0 Å². The summed E-state index contributed by atoms with van der Waals surface area (Å²) >= 11 is 12.4. The van der Waals surface area contributed by atoms with E-state index in [1.54, 1.807) is 0 Å². The number of carbonyl (C=O) groups excluding carboxylic acids is 2. The molecule has 2 aromatic carbocycles. The Kier molecular flexibility index (Phi) is 8.98. The fourth-order valence-corrected chi connectivity index (χ4v) is 4.65. The Balaban J connectivity index is 1.47. The van der Waals surface area contributed by atoms with Gasteiger partial charge in [-0.25, -0.2) is 22.8 Å². The predicted octanol–water partition coefficient (Wildman–Crippen LogP) is 5.54. The van der Waals surface area contributed by atoms with Gasteiger partial charge in [0, 0.05) is 23.3 Å². The molecule has 2 amide bonds. The maximum absolute atomic E-state index is 14.2. The monoisotopic (exact) mass is 683 g/mol. The summed E-state index contributed by atoms with van der Waals surface area (Å²) in [5.74, 6) is -7.80. The number of nitrogens with zero attached hydrogens (tertiary/aromatic N) is 7. The van der Waals surface area contributed by atoms with Crippen LogP contribution in [0.25, 0.3) is 5.82 Å². The van der Waals surface area contributed by atoms with Gasteiger partial charge in [-0.1, -0.05) is 29.3 Å². The maximum atomic E-state index is 14.2. The molecule has 11 nitrogen and oxygen atoms in total. The Bertz CT molecular complexity index is 1980. The van der Waals surface area contributed by atoms with E-state index < -0.39 is 54.4 Å². The van der Waals surface area contributed by atoms with E-state index in [-0.39, 0.29) is 44.1 Å². The first-order valence-corrected chi connectivity index (χ1v) is 13.6. The number of halogens is 8. The van der Waals surface area contributed by atoms with Crippen molar-refractivity contribution >= 4 is 40.7 Å². The first kappa shape index (κ1) is 32.4. The zero-order valence-corrected chi connectivity index (χ0v) is 24.5. The summed E-state index contributed by atoms with van der Waals surface area (Å²) in [5.41, 5.74) is -0.432. The van der Waals surface area contributed by atoms with Gasteiger partial charge in [0.05, 0.1) is 22.0 Å². The molecule has 46 heavy (non-hydrogen) atoms. The van der Waals surface area contributed by atoms with E-state index in [1.165, 1.54) is 43.5 Å². The largest absolute Gasteiger partial charge is 0.455 e. The average molecular weight is 684 g/mol. The molecule has 5 aromatic rings. The van der Waals surface area contributed by atoms with E-state index in [4.69, 9.17) is 23.2 Å². The van der Waals surface area contributed by atoms with Crippen LogP contribution in [0, 0.1) is 24.4 Å². The quantitative estimate of drug-likeness (QED) is 0.162. The SMILES string of the molecule is Cc1cc(Cl)cc(C(=O)NCc2ccc(F)c(F)c2F)c1NC(=O)c1cc(Cn2nnc(C(F)(F)F)n2)nn1-c1ncccc1Cl. The molecule has 0 unspecified atom stereocenters. The van der Waals surface area contributed by atoms with E-state index >= 15 is 0 Å². The highest BCUT2D eigenvalue weighted by atomic mass is 35.5. The number of hydrogen-bond donors (Lipinski definition) is 2. The molecule has 0 spiro atoms. The van der Waals surface area contributed by atoms with Crippen LogP contribution in [0.4, 0.5) is 32.0 Å². The summed E-state index contributed by atoms with van der Waals surface area (Å²) in [5, 5.41) is 19.0. The van der Waals surface area contributed by atoms with Crippen LogP contribution in [0.15, 0.2) is 48.7 Å². The van der Waals surface area contributed by atoms with Gasteiger partial charge in [0.2, 0.25) is 0 Å². The number of aryl methyl sites for hydroxylation is 1. The molecule has 5 rings (SSSR count). The maximum Gasteiger partial charge on any atom is 0.455 e. The Labute approximate surface area is 264 Å². The van der Waals surface area contributed by atoms with Crippen molar-refractivity contribution in [2.24, 2.45) is 0 Å². The van der Waals surface area contributed by atoms with E-state index in [9.17, 15) is 35.9 Å². The van der Waals surface area contributed by atoms with Crippen molar-refractivity contribution < 1.29 is 35.9 Å². The third-order valence-electron chi connectivity index (χ3n) is 6.28. The minimum atomic E-state index is -4.84. The van der Waals surface area contributed by atoms with Gasteiger partial charge in [-0.3, -0.25) is 9.59 Å². The standard InChI is InChI=1S/C27H17Cl2F6N9O2/c1-12-7-14(28)8-16(24(45)37-10-13-4-5-18(30)21(32)20(13)31)22(12)38-25(46)19-9-15(11-43-41-26(39-42-43)27(33,34)35)40-44(19)23-17(29)3-2-6-36-23/h2-9H,10-11H2,1H3,(H,37,45)(H,38,46). The number of alkyl halides is 3. The lowest BCUT2D eigenvalue weighted by atomic mass is 10.1. The van der Waals surface area contributed by atoms with E-state index in [1.807, 2.05) is 0 Å². The van der Waals surface area contributed by atoms with Gasteiger partial charge >= 0.3 is 6.18 Å². The predicted molar refractivity (Wildman–Crippen MR) is 150 cm³/mol. The highest BCUT2D eigenvalue weighted by Gasteiger charge is 2.37. The van der Waals surface area contributed by atoms with Crippen LogP contribution >= 0.6 is 23.2 Å². The molecule has 0 aliphatic heterocycles. The molecule has 0 bridgehead atoms. The lowest BCUT2D eigenvalue weighted by Crippen LogP contribution is -2.26. The molecule has 3 aromatic heterocycles. The van der Waals surface area contributed by atoms with Gasteiger partial charge in [0.1, 0.15) is 12.2 Å². The number of carbonyl (C=O) groups is 2. The van der Waals surface area contributed by atoms with Crippen molar-refractivity contribution in [3.05, 3.63) is 110 Å². The zero-order chi connectivity index (χ0) is 33.3. The van der Waals surface area contributed by atoms with Crippen LogP contribution in [0.1, 0.15) is 43.5 Å². The third kappa shape index (κ3) is 6.79. The second kappa shape index (κ2) is 12.8. The smallest absolute Gasteiger partial charge is 0.348 e. The number of aromatic nitrogens is 7. The summed E-state index contributed by atoms with van der Waals surface area (Å²) in [4.78, 5) is 31.6. The topological polar surface area (TPSA) is 133 Å². The number of hydrogen-bond acceptors (Lipinski definition) is 7. The third-order valence-corrected chi connectivity index (χ3v) is 6.79. The molecule has 0 saturated heterocycles. The van der Waals surface area contributed by atoms with Gasteiger partial charge in [0.25, 0.3) is 17.6 Å². The van der Waals surface area contributed by atoms with Crippen molar-refractivity contribution in [1.29, 1.82) is 0 Å². The molecule has 0 radical (unpaired) electrons. The molecule has 0 aliphatic rings. The first-order chi connectivity index (χ1) is 21.7. The number of amides is 2. The van der Waals surface area contributed by atoms with Gasteiger partial charge in [-0.2, -0.15) is 23.1 Å². The van der Waals surface area contributed by atoms with Crippen LogP contribution in [0.2, 0.25) is 10.0 Å². The summed E-state index contributed by atoms with van der Waals surface area (Å²) in [6.45, 7) is 0.552. The highest BCUT2D eigenvalue weighted by Crippen LogP contribution is 2.28. The summed E-state index contributed by atoms with van der Waals surface area (Å²) in [7, 11) is 0. The van der Waals surface area contributed by atoms with Gasteiger partial charge in [-0.15, -0.1) is 10.2 Å². The molecule has 3 heterocycles. The Morgan fingerprint density at radius 2 is 1.74 bits per heavy atom. The second-order valence-corrected chi connectivity index (χ2v) is 10.3. The molecule has 238 valence electrons. The van der Waals surface area contributed by atoms with E-state index in [2.05, 4.69) is 36.1 Å². The zero-order valence-electron chi connectivity index (χ0n) is 23.0. The number of rotatable bonds is 8. The second-order valence-electron chi connectivity index (χ2n) is 9.50. The van der Waals surface area contributed by atoms with Gasteiger partial charge in [-0.05, 0) is 54.1 Å². The molecular weight excluding hydrogens is 667 g/mol. The van der Waals surface area contributed by atoms with Crippen molar-refractivity contribution in [3.63, 3.8) is 0 Å². The number of nitrogens with one attached hydrogen (secondary N) is 2. The fraction of sp³-hybridized carbons (Fsp3) is 0.148. The van der Waals surface area contributed by atoms with Crippen LogP contribution in [0.5, 0.6) is 0 Å². The lowest BCUT2D eigenvalue weighted by molar-refractivity contribution is -0.145. The van der Waals surface area contributed by atoms with Gasteiger partial charge in [0.15, 0.2) is 23.3 Å². The normalized spacial score (nSPS) is 11.5. The molecule has 19 heteroatoms. The van der Waals surface area contributed by atoms with Gasteiger partial charge < -0.3 is 10.6 Å². The van der Waals surface area contributed by atoms with Crippen molar-refractivity contribution in [2.75, 3.05) is 5.32 Å². The number of tetrazole rings is 1. The van der Waals surface area contributed by atoms with Crippen LogP contribution in [-0.2, 0) is 19.3 Å². The summed E-state index contributed by atoms with van der Waals surface area (Å²) < 4.78 is 81.0. The molecule has 0 saturated carbocycles. The number of anilines is 1. The fourth-order valence-electron chi connectivity index (χ4n) is 4.17. The Morgan fingerprint density at radius 3 is 2.43 bits per heavy atom. The van der Waals surface area contributed by atoms with E-state index in [0.29, 0.717) is 16.4 Å². The Morgan fingerprint density at radius 1 is 0.978 bits per heavy atom. The number of pyridine rings is 1. The lowest BCUT2D eigenvalue weighted by Gasteiger charge is -2.16. The van der Waals surface area contributed by atoms with Crippen LogP contribution < -0.4 is 10.6 Å². The molecule has 0 atom stereocenters. The van der Waals surface area contributed by atoms with Crippen molar-refractivity contribution in [1.82, 2.24) is 40.3 Å². The van der Waals surface area contributed by atoms with E-state index in [0.717, 1.165) is 10.7 Å². The average Bonchev–Trinajstić information content (AvgIpc) is 3.65. The molecule has 0 fully saturated rings. The van der Waals surface area contributed by atoms with Crippen molar-refractivity contribution in [3.8, 4) is 5.82 Å². The molecular formula is C27H17Cl2F6N9O2. The van der Waals surface area contributed by atoms with Crippen LogP contribution in [-0.4, -0.2) is 46.8 Å². The minimum absolute atomic E-state index is 0.0114. The molecule has 2 N–H and O–H groups in total. The highest BCUT2D eigenvalue weighted by molar-refractivity contribution is 6.32. The van der Waals surface area contributed by atoms with Crippen molar-refractivity contribution in [2.45, 2.75) is 26.2 Å². The molecule has 0 aliphatic carbocycles. The minimum Gasteiger partial charge on any atom is -0.348 e. The number of benzene rings is 2. The first-order valence-electron chi connectivity index (χ1n) is 12.8.